The first-order valence-electron chi connectivity index (χ1n) is 4.93. The average molecular weight is 218 g/mol. The van der Waals surface area contributed by atoms with Gasteiger partial charge in [-0.3, -0.25) is 0 Å². The van der Waals surface area contributed by atoms with E-state index in [1.165, 1.54) is 0 Å². The van der Waals surface area contributed by atoms with Gasteiger partial charge in [0.1, 0.15) is 5.75 Å². The summed E-state index contributed by atoms with van der Waals surface area (Å²) in [5.74, 6) is -0.353. The van der Waals surface area contributed by atoms with Gasteiger partial charge in [0.2, 0.25) is 0 Å². The summed E-state index contributed by atoms with van der Waals surface area (Å²) in [5, 5.41) is 11.5. The van der Waals surface area contributed by atoms with Crippen LogP contribution in [0.1, 0.15) is 5.56 Å². The molecule has 0 bridgehead atoms. The van der Waals surface area contributed by atoms with E-state index in [-0.39, 0.29) is 6.42 Å². The lowest BCUT2D eigenvalue weighted by Gasteiger charge is -2.02. The fourth-order valence-corrected chi connectivity index (χ4v) is 1.88. The lowest BCUT2D eigenvalue weighted by molar-refractivity contribution is -0.304. The van der Waals surface area contributed by atoms with Crippen molar-refractivity contribution in [3.63, 3.8) is 0 Å². The quantitative estimate of drug-likeness (QED) is 0.753. The first kappa shape index (κ1) is 10.5. The van der Waals surface area contributed by atoms with Crippen molar-refractivity contribution in [2.75, 3.05) is 7.11 Å². The summed E-state index contributed by atoms with van der Waals surface area (Å²) in [7, 11) is 3.47. The van der Waals surface area contributed by atoms with Gasteiger partial charge in [-0.25, -0.2) is 0 Å². The number of hydrogen-bond acceptors (Lipinski definition) is 3. The maximum atomic E-state index is 10.6. The molecule has 0 amide bonds. The van der Waals surface area contributed by atoms with E-state index in [9.17, 15) is 9.90 Å². The fourth-order valence-electron chi connectivity index (χ4n) is 1.88. The predicted molar refractivity (Wildman–Crippen MR) is 58.2 cm³/mol. The van der Waals surface area contributed by atoms with Crippen LogP contribution in [-0.2, 0) is 18.3 Å². The van der Waals surface area contributed by atoms with E-state index in [0.29, 0.717) is 0 Å². The minimum Gasteiger partial charge on any atom is -0.550 e. The molecule has 0 aliphatic heterocycles. The summed E-state index contributed by atoms with van der Waals surface area (Å²) >= 11 is 0. The largest absolute Gasteiger partial charge is 0.550 e. The van der Waals surface area contributed by atoms with Crippen LogP contribution in [0.3, 0.4) is 0 Å². The van der Waals surface area contributed by atoms with Crippen molar-refractivity contribution in [1.82, 2.24) is 4.57 Å². The molecule has 1 aromatic heterocycles. The van der Waals surface area contributed by atoms with Crippen LogP contribution < -0.4 is 9.84 Å². The number of aromatic nitrogens is 1. The van der Waals surface area contributed by atoms with Crippen LogP contribution in [0.4, 0.5) is 0 Å². The molecule has 0 atom stereocenters. The minimum absolute atomic E-state index is 0.0789. The molecule has 4 nitrogen and oxygen atoms in total. The van der Waals surface area contributed by atoms with Gasteiger partial charge in [-0.05, 0) is 23.8 Å². The molecule has 0 fully saturated rings. The van der Waals surface area contributed by atoms with Crippen molar-refractivity contribution in [2.45, 2.75) is 6.42 Å². The Balaban J connectivity index is 2.60. The van der Waals surface area contributed by atoms with Crippen molar-refractivity contribution in [2.24, 2.45) is 7.05 Å². The first-order valence-corrected chi connectivity index (χ1v) is 4.93. The maximum absolute atomic E-state index is 10.6. The minimum atomic E-state index is -1.07. The number of aliphatic carboxylic acids is 1. The third kappa shape index (κ3) is 1.74. The monoisotopic (exact) mass is 218 g/mol. The molecule has 0 saturated carbocycles. The Morgan fingerprint density at radius 3 is 2.88 bits per heavy atom. The summed E-state index contributed by atoms with van der Waals surface area (Å²) < 4.78 is 7.02. The molecule has 0 radical (unpaired) electrons. The number of benzene rings is 1. The highest BCUT2D eigenvalue weighted by molar-refractivity contribution is 5.88. The van der Waals surface area contributed by atoms with E-state index in [4.69, 9.17) is 4.74 Å². The zero-order chi connectivity index (χ0) is 11.7. The third-order valence-corrected chi connectivity index (χ3v) is 2.61. The Morgan fingerprint density at radius 1 is 1.50 bits per heavy atom. The van der Waals surface area contributed by atoms with Gasteiger partial charge in [0.15, 0.2) is 0 Å². The number of carboxylic acids is 1. The van der Waals surface area contributed by atoms with E-state index in [1.54, 1.807) is 13.3 Å². The maximum Gasteiger partial charge on any atom is 0.119 e. The van der Waals surface area contributed by atoms with Crippen LogP contribution in [0, 0.1) is 0 Å². The molecule has 0 aliphatic carbocycles. The summed E-state index contributed by atoms with van der Waals surface area (Å²) in [6, 6.07) is 5.60. The van der Waals surface area contributed by atoms with E-state index in [2.05, 4.69) is 0 Å². The van der Waals surface area contributed by atoms with E-state index in [0.717, 1.165) is 22.2 Å². The zero-order valence-corrected chi connectivity index (χ0v) is 9.19. The summed E-state index contributed by atoms with van der Waals surface area (Å²) in [4.78, 5) is 10.6. The highest BCUT2D eigenvalue weighted by Gasteiger charge is 2.07. The number of carbonyl (C=O) groups excluding carboxylic acids is 1. The third-order valence-electron chi connectivity index (χ3n) is 2.61. The molecule has 0 saturated heterocycles. The van der Waals surface area contributed by atoms with E-state index in [1.807, 2.05) is 29.8 Å². The number of rotatable bonds is 3. The van der Waals surface area contributed by atoms with Crippen molar-refractivity contribution < 1.29 is 14.6 Å². The van der Waals surface area contributed by atoms with Crippen molar-refractivity contribution in [1.29, 1.82) is 0 Å². The first-order chi connectivity index (χ1) is 7.61. The molecule has 2 rings (SSSR count). The lowest BCUT2D eigenvalue weighted by atomic mass is 10.1. The van der Waals surface area contributed by atoms with Crippen LogP contribution in [0.15, 0.2) is 24.4 Å². The summed E-state index contributed by atoms with van der Waals surface area (Å²) in [6.07, 6.45) is 1.73. The van der Waals surface area contributed by atoms with Crippen molar-refractivity contribution >= 4 is 16.9 Å². The normalized spacial score (nSPS) is 10.6. The molecule has 1 aromatic carbocycles. The molecule has 1 heterocycles. The number of nitrogens with zero attached hydrogens (tertiary/aromatic N) is 1. The van der Waals surface area contributed by atoms with Gasteiger partial charge in [-0.1, -0.05) is 0 Å². The van der Waals surface area contributed by atoms with Crippen LogP contribution in [-0.4, -0.2) is 17.6 Å². The molecule has 84 valence electrons. The summed E-state index contributed by atoms with van der Waals surface area (Å²) in [5.41, 5.74) is 1.73. The number of ether oxygens (including phenoxy) is 1. The zero-order valence-electron chi connectivity index (χ0n) is 9.19. The topological polar surface area (TPSA) is 54.3 Å². The SMILES string of the molecule is COc1ccc2c(c1)c(CC(=O)[O-])cn2C. The lowest BCUT2D eigenvalue weighted by Crippen LogP contribution is -2.24. The summed E-state index contributed by atoms with van der Waals surface area (Å²) in [6.45, 7) is 0. The number of carboxylic acid groups (broad SMARTS) is 1. The second kappa shape index (κ2) is 3.89. The highest BCUT2D eigenvalue weighted by atomic mass is 16.5. The number of hydrogen-bond donors (Lipinski definition) is 0. The Kier molecular flexibility index (Phi) is 2.56. The number of fused-ring (bicyclic) bond motifs is 1. The molecule has 0 unspecified atom stereocenters. The molecule has 0 spiro atoms. The van der Waals surface area contributed by atoms with Crippen molar-refractivity contribution in [3.05, 3.63) is 30.0 Å². The number of methoxy groups -OCH3 is 1. The van der Waals surface area contributed by atoms with Gasteiger partial charge in [0, 0.05) is 36.5 Å². The standard InChI is InChI=1S/C12H13NO3/c1-13-7-8(5-12(14)15)10-6-9(16-2)3-4-11(10)13/h3-4,6-7H,5H2,1-2H3,(H,14,15)/p-1. The van der Waals surface area contributed by atoms with Gasteiger partial charge in [0.05, 0.1) is 7.11 Å². The van der Waals surface area contributed by atoms with Crippen molar-refractivity contribution in [3.8, 4) is 5.75 Å². The second-order valence-corrected chi connectivity index (χ2v) is 3.70. The van der Waals surface area contributed by atoms with Gasteiger partial charge in [0.25, 0.3) is 0 Å². The molecular formula is C12H12NO3-. The molecule has 0 aliphatic rings. The molecule has 16 heavy (non-hydrogen) atoms. The van der Waals surface area contributed by atoms with Crippen LogP contribution in [0.2, 0.25) is 0 Å². The highest BCUT2D eigenvalue weighted by Crippen LogP contribution is 2.25. The fraction of sp³-hybridized carbons (Fsp3) is 0.250. The Labute approximate surface area is 93.1 Å². The van der Waals surface area contributed by atoms with E-state index >= 15 is 0 Å². The Hall–Kier alpha value is -1.97. The smallest absolute Gasteiger partial charge is 0.119 e. The van der Waals surface area contributed by atoms with Crippen LogP contribution in [0.25, 0.3) is 10.9 Å². The average Bonchev–Trinajstić information content (AvgIpc) is 2.54. The van der Waals surface area contributed by atoms with Crippen LogP contribution in [0.5, 0.6) is 5.75 Å². The molecule has 2 aromatic rings. The van der Waals surface area contributed by atoms with Gasteiger partial charge >= 0.3 is 0 Å². The van der Waals surface area contributed by atoms with E-state index < -0.39 is 5.97 Å². The Morgan fingerprint density at radius 2 is 2.25 bits per heavy atom. The Bertz CT molecular complexity index is 542. The van der Waals surface area contributed by atoms with Gasteiger partial charge in [-0.15, -0.1) is 0 Å². The molecular weight excluding hydrogens is 206 g/mol. The molecule has 0 N–H and O–H groups in total. The van der Waals surface area contributed by atoms with Gasteiger partial charge in [-0.2, -0.15) is 0 Å². The van der Waals surface area contributed by atoms with Gasteiger partial charge < -0.3 is 19.2 Å². The van der Waals surface area contributed by atoms with Crippen LogP contribution >= 0.6 is 0 Å². The number of aryl methyl sites for hydroxylation is 1. The molecule has 4 heteroatoms. The second-order valence-electron chi connectivity index (χ2n) is 3.70. The predicted octanol–water partition coefficient (Wildman–Crippen LogP) is 0.479. The number of carbonyl (C=O) groups is 1.